The van der Waals surface area contributed by atoms with E-state index >= 15 is 0 Å². The van der Waals surface area contributed by atoms with E-state index in [4.69, 9.17) is 9.47 Å². The van der Waals surface area contributed by atoms with E-state index in [2.05, 4.69) is 4.99 Å². The average molecular weight is 211 g/mol. The molecule has 4 nitrogen and oxygen atoms in total. The summed E-state index contributed by atoms with van der Waals surface area (Å²) in [5, 5.41) is 0. The number of nitrogens with zero attached hydrogens (tertiary/aromatic N) is 1. The Balaban J connectivity index is 3.22. The number of methoxy groups -OCH3 is 2. The molecule has 0 atom stereocenters. The number of aliphatic imine (C=N–C) groups is 1. The van der Waals surface area contributed by atoms with Crippen LogP contribution in [0.5, 0.6) is 0 Å². The van der Waals surface area contributed by atoms with Crippen LogP contribution in [-0.4, -0.2) is 20.3 Å². The first-order valence-corrected chi connectivity index (χ1v) is 4.15. The predicted octanol–water partition coefficient (Wildman–Crippen LogP) is 2.08. The van der Waals surface area contributed by atoms with Gasteiger partial charge in [-0.25, -0.2) is 9.18 Å². The Labute approximate surface area is 86.3 Å². The van der Waals surface area contributed by atoms with E-state index in [1.165, 1.54) is 38.5 Å². The molecule has 1 rings (SSSR count). The summed E-state index contributed by atoms with van der Waals surface area (Å²) in [5.41, 5.74) is 0.628. The van der Waals surface area contributed by atoms with Gasteiger partial charge in [-0.2, -0.15) is 4.99 Å². The largest absolute Gasteiger partial charge is 0.352 e. The van der Waals surface area contributed by atoms with E-state index in [9.17, 15) is 9.18 Å². The van der Waals surface area contributed by atoms with Gasteiger partial charge in [0.2, 0.25) is 6.08 Å². The quantitative estimate of drug-likeness (QED) is 0.435. The van der Waals surface area contributed by atoms with Gasteiger partial charge in [-0.05, 0) is 18.2 Å². The molecular weight excluding hydrogens is 201 g/mol. The molecule has 0 radical (unpaired) electrons. The Hall–Kier alpha value is -1.55. The maximum atomic E-state index is 13.0. The van der Waals surface area contributed by atoms with Crippen molar-refractivity contribution >= 4 is 11.8 Å². The standard InChI is InChI=1S/C10H10FNO3/c1-14-10(15-2)8-5-7(11)3-4-9(8)12-6-13/h3-5,10H,1-2H3. The maximum Gasteiger partial charge on any atom is 0.240 e. The number of isocyanates is 1. The van der Waals surface area contributed by atoms with E-state index in [1.807, 2.05) is 0 Å². The van der Waals surface area contributed by atoms with E-state index in [1.54, 1.807) is 0 Å². The highest BCUT2D eigenvalue weighted by Gasteiger charge is 2.14. The SMILES string of the molecule is COC(OC)c1cc(F)ccc1N=C=O. The summed E-state index contributed by atoms with van der Waals surface area (Å²) >= 11 is 0. The Morgan fingerprint density at radius 1 is 1.40 bits per heavy atom. The molecule has 15 heavy (non-hydrogen) atoms. The molecule has 0 saturated carbocycles. The molecule has 0 heterocycles. The van der Waals surface area contributed by atoms with E-state index in [-0.39, 0.29) is 5.69 Å². The molecule has 5 heteroatoms. The molecule has 0 N–H and O–H groups in total. The zero-order valence-electron chi connectivity index (χ0n) is 8.36. The third kappa shape index (κ3) is 2.70. The van der Waals surface area contributed by atoms with E-state index in [0.29, 0.717) is 5.56 Å². The van der Waals surface area contributed by atoms with E-state index < -0.39 is 12.1 Å². The Bertz CT molecular complexity index is 384. The zero-order valence-corrected chi connectivity index (χ0v) is 8.36. The molecule has 0 unspecified atom stereocenters. The van der Waals surface area contributed by atoms with Crippen LogP contribution in [0.4, 0.5) is 10.1 Å². The molecular formula is C10H10FNO3. The summed E-state index contributed by atoms with van der Waals surface area (Å²) in [4.78, 5) is 13.6. The molecule has 0 bridgehead atoms. The zero-order chi connectivity index (χ0) is 11.3. The van der Waals surface area contributed by atoms with Crippen LogP contribution >= 0.6 is 0 Å². The predicted molar refractivity (Wildman–Crippen MR) is 50.9 cm³/mol. The van der Waals surface area contributed by atoms with Crippen LogP contribution in [0.2, 0.25) is 0 Å². The first kappa shape index (κ1) is 11.5. The van der Waals surface area contributed by atoms with Crippen LogP contribution in [0.15, 0.2) is 23.2 Å². The molecule has 0 aliphatic carbocycles. The van der Waals surface area contributed by atoms with Crippen LogP contribution in [0.1, 0.15) is 11.9 Å². The first-order valence-electron chi connectivity index (χ1n) is 4.15. The van der Waals surface area contributed by atoms with Gasteiger partial charge in [0.05, 0.1) is 5.69 Å². The summed E-state index contributed by atoms with van der Waals surface area (Å²) in [7, 11) is 2.82. The van der Waals surface area contributed by atoms with Crippen molar-refractivity contribution in [2.24, 2.45) is 4.99 Å². The minimum Gasteiger partial charge on any atom is -0.352 e. The number of benzene rings is 1. The normalized spacial score (nSPS) is 10.1. The van der Waals surface area contributed by atoms with Gasteiger partial charge < -0.3 is 9.47 Å². The second-order valence-electron chi connectivity index (χ2n) is 2.71. The number of carbonyl (C=O) groups excluding carboxylic acids is 1. The highest BCUT2D eigenvalue weighted by atomic mass is 19.1. The lowest BCUT2D eigenvalue weighted by atomic mass is 10.1. The van der Waals surface area contributed by atoms with Crippen molar-refractivity contribution in [2.45, 2.75) is 6.29 Å². The topological polar surface area (TPSA) is 47.9 Å². The van der Waals surface area contributed by atoms with Crippen molar-refractivity contribution in [1.29, 1.82) is 0 Å². The Kier molecular flexibility index (Phi) is 4.12. The Morgan fingerprint density at radius 3 is 2.60 bits per heavy atom. The lowest BCUT2D eigenvalue weighted by molar-refractivity contribution is -0.105. The molecule has 80 valence electrons. The van der Waals surface area contributed by atoms with Crippen molar-refractivity contribution < 1.29 is 18.7 Å². The second kappa shape index (κ2) is 5.36. The second-order valence-corrected chi connectivity index (χ2v) is 2.71. The van der Waals surface area contributed by atoms with Gasteiger partial charge in [-0.1, -0.05) is 0 Å². The van der Waals surface area contributed by atoms with Crippen LogP contribution in [-0.2, 0) is 14.3 Å². The number of hydrogen-bond donors (Lipinski definition) is 0. The first-order chi connectivity index (χ1) is 7.22. The van der Waals surface area contributed by atoms with Crippen molar-refractivity contribution in [3.05, 3.63) is 29.6 Å². The summed E-state index contributed by atoms with van der Waals surface area (Å²) in [6.07, 6.45) is 0.632. The fraction of sp³-hybridized carbons (Fsp3) is 0.300. The summed E-state index contributed by atoms with van der Waals surface area (Å²) in [5.74, 6) is -0.450. The van der Waals surface area contributed by atoms with Gasteiger partial charge in [0, 0.05) is 19.8 Å². The van der Waals surface area contributed by atoms with Crippen molar-refractivity contribution in [3.8, 4) is 0 Å². The molecule has 0 saturated heterocycles. The Morgan fingerprint density at radius 2 is 2.07 bits per heavy atom. The van der Waals surface area contributed by atoms with Crippen molar-refractivity contribution in [1.82, 2.24) is 0 Å². The molecule has 1 aromatic carbocycles. The summed E-state index contributed by atoms with van der Waals surface area (Å²) in [6.45, 7) is 0. The smallest absolute Gasteiger partial charge is 0.240 e. The average Bonchev–Trinajstić information content (AvgIpc) is 2.24. The molecule has 0 aromatic heterocycles. The minimum atomic E-state index is -0.757. The van der Waals surface area contributed by atoms with Gasteiger partial charge in [-0.3, -0.25) is 0 Å². The van der Waals surface area contributed by atoms with Crippen molar-refractivity contribution in [2.75, 3.05) is 14.2 Å². The fourth-order valence-electron chi connectivity index (χ4n) is 1.22. The monoisotopic (exact) mass is 211 g/mol. The van der Waals surface area contributed by atoms with Gasteiger partial charge in [0.15, 0.2) is 6.29 Å². The minimum absolute atomic E-state index is 0.278. The third-order valence-corrected chi connectivity index (χ3v) is 1.84. The number of halogens is 1. The number of ether oxygens (including phenoxy) is 2. The molecule has 0 aliphatic heterocycles. The molecule has 0 spiro atoms. The van der Waals surface area contributed by atoms with Gasteiger partial charge in [0.25, 0.3) is 0 Å². The van der Waals surface area contributed by atoms with E-state index in [0.717, 1.165) is 0 Å². The van der Waals surface area contributed by atoms with Crippen LogP contribution in [0.3, 0.4) is 0 Å². The van der Waals surface area contributed by atoms with Crippen molar-refractivity contribution in [3.63, 3.8) is 0 Å². The highest BCUT2D eigenvalue weighted by molar-refractivity contribution is 5.54. The molecule has 0 amide bonds. The van der Waals surface area contributed by atoms with Gasteiger partial charge in [0.1, 0.15) is 5.82 Å². The molecule has 0 aliphatic rings. The summed E-state index contributed by atoms with van der Waals surface area (Å²) < 4.78 is 22.9. The van der Waals surface area contributed by atoms with Gasteiger partial charge in [-0.15, -0.1) is 0 Å². The van der Waals surface area contributed by atoms with Crippen LogP contribution in [0, 0.1) is 5.82 Å². The lowest BCUT2D eigenvalue weighted by Crippen LogP contribution is -2.04. The highest BCUT2D eigenvalue weighted by Crippen LogP contribution is 2.28. The van der Waals surface area contributed by atoms with Crippen LogP contribution in [0.25, 0.3) is 0 Å². The van der Waals surface area contributed by atoms with Gasteiger partial charge >= 0.3 is 0 Å². The lowest BCUT2D eigenvalue weighted by Gasteiger charge is -2.14. The van der Waals surface area contributed by atoms with Crippen LogP contribution < -0.4 is 0 Å². The molecule has 0 fully saturated rings. The number of hydrogen-bond acceptors (Lipinski definition) is 4. The third-order valence-electron chi connectivity index (χ3n) is 1.84. The fourth-order valence-corrected chi connectivity index (χ4v) is 1.22. The maximum absolute atomic E-state index is 13.0. The summed E-state index contributed by atoms with van der Waals surface area (Å²) in [6, 6.07) is 3.76. The number of rotatable bonds is 4. The molecule has 1 aromatic rings.